The van der Waals surface area contributed by atoms with E-state index in [-0.39, 0.29) is 18.4 Å². The lowest BCUT2D eigenvalue weighted by Gasteiger charge is -2.13. The fraction of sp³-hybridized carbons (Fsp3) is 0.474. The molecule has 0 atom stereocenters. The summed E-state index contributed by atoms with van der Waals surface area (Å²) < 4.78 is 0. The number of allylic oxidation sites excluding steroid dienone is 1. The number of amides is 2. The normalized spacial score (nSPS) is 14.1. The number of carbonyl (C=O) groups excluding carboxylic acids is 2. The van der Waals surface area contributed by atoms with Crippen LogP contribution in [0.25, 0.3) is 0 Å². The molecule has 23 heavy (non-hydrogen) atoms. The molecule has 2 rings (SSSR count). The number of nitrogens with one attached hydrogen (secondary N) is 2. The van der Waals surface area contributed by atoms with E-state index in [0.29, 0.717) is 12.1 Å². The highest BCUT2D eigenvalue weighted by atomic mass is 16.2. The van der Waals surface area contributed by atoms with Crippen LogP contribution >= 0.6 is 0 Å². The summed E-state index contributed by atoms with van der Waals surface area (Å²) in [6, 6.07) is 5.68. The Morgan fingerprint density at radius 3 is 2.43 bits per heavy atom. The number of carbonyl (C=O) groups is 2. The van der Waals surface area contributed by atoms with Gasteiger partial charge in [0.25, 0.3) is 5.91 Å². The van der Waals surface area contributed by atoms with Gasteiger partial charge in [0.05, 0.1) is 6.54 Å². The summed E-state index contributed by atoms with van der Waals surface area (Å²) in [5.74, 6) is -0.346. The van der Waals surface area contributed by atoms with Crippen molar-refractivity contribution in [1.82, 2.24) is 10.6 Å². The molecule has 0 radical (unpaired) electrons. The Bertz CT molecular complexity index is 585. The Hall–Kier alpha value is -2.10. The summed E-state index contributed by atoms with van der Waals surface area (Å²) in [6.45, 7) is 4.57. The quantitative estimate of drug-likeness (QED) is 0.793. The highest BCUT2D eigenvalue weighted by Gasteiger charge is 2.09. The Balaban J connectivity index is 1.71. The summed E-state index contributed by atoms with van der Waals surface area (Å²) in [6.07, 6.45) is 8.05. The molecular formula is C19H26N2O2. The molecule has 0 saturated heterocycles. The molecule has 0 spiro atoms. The largest absolute Gasteiger partial charge is 0.354 e. The van der Waals surface area contributed by atoms with E-state index in [4.69, 9.17) is 0 Å². The molecule has 1 aliphatic rings. The molecular weight excluding hydrogens is 288 g/mol. The molecule has 4 nitrogen and oxygen atoms in total. The number of benzene rings is 1. The van der Waals surface area contributed by atoms with Gasteiger partial charge in [-0.1, -0.05) is 28.8 Å². The minimum atomic E-state index is -0.207. The molecule has 1 aliphatic carbocycles. The van der Waals surface area contributed by atoms with E-state index in [1.165, 1.54) is 18.4 Å². The molecule has 2 amide bonds. The SMILES string of the molecule is Cc1cc(C)cc(C(=O)NCC(=O)NCCC2=CCCCC2)c1. The molecule has 0 heterocycles. The minimum Gasteiger partial charge on any atom is -0.354 e. The van der Waals surface area contributed by atoms with Crippen LogP contribution in [0.5, 0.6) is 0 Å². The van der Waals surface area contributed by atoms with Gasteiger partial charge >= 0.3 is 0 Å². The van der Waals surface area contributed by atoms with Crippen LogP contribution in [0.1, 0.15) is 53.6 Å². The minimum absolute atomic E-state index is 0.0187. The first-order valence-electron chi connectivity index (χ1n) is 8.35. The topological polar surface area (TPSA) is 58.2 Å². The number of rotatable bonds is 6. The van der Waals surface area contributed by atoms with Crippen molar-refractivity contribution in [3.8, 4) is 0 Å². The number of aryl methyl sites for hydroxylation is 2. The smallest absolute Gasteiger partial charge is 0.251 e. The molecule has 0 fully saturated rings. The molecule has 0 saturated carbocycles. The maximum Gasteiger partial charge on any atom is 0.251 e. The number of hydrogen-bond acceptors (Lipinski definition) is 2. The summed E-state index contributed by atoms with van der Waals surface area (Å²) in [4.78, 5) is 23.9. The number of hydrogen-bond donors (Lipinski definition) is 2. The van der Waals surface area contributed by atoms with Gasteiger partial charge in [-0.05, 0) is 58.1 Å². The van der Waals surface area contributed by atoms with E-state index in [9.17, 15) is 9.59 Å². The zero-order valence-electron chi connectivity index (χ0n) is 14.1. The molecule has 1 aromatic carbocycles. The average molecular weight is 314 g/mol. The fourth-order valence-corrected chi connectivity index (χ4v) is 2.93. The summed E-state index contributed by atoms with van der Waals surface area (Å²) >= 11 is 0. The van der Waals surface area contributed by atoms with Crippen molar-refractivity contribution in [2.75, 3.05) is 13.1 Å². The first-order valence-corrected chi connectivity index (χ1v) is 8.35. The van der Waals surface area contributed by atoms with Crippen molar-refractivity contribution < 1.29 is 9.59 Å². The van der Waals surface area contributed by atoms with Gasteiger partial charge in [-0.3, -0.25) is 9.59 Å². The van der Waals surface area contributed by atoms with Crippen LogP contribution in [0.2, 0.25) is 0 Å². The van der Waals surface area contributed by atoms with Crippen LogP contribution in [-0.2, 0) is 4.79 Å². The third-order valence-electron chi connectivity index (χ3n) is 4.05. The zero-order valence-corrected chi connectivity index (χ0v) is 14.1. The first-order chi connectivity index (χ1) is 11.0. The van der Waals surface area contributed by atoms with Crippen LogP contribution in [0.4, 0.5) is 0 Å². The summed E-state index contributed by atoms with van der Waals surface area (Å²) in [7, 11) is 0. The maximum absolute atomic E-state index is 12.1. The van der Waals surface area contributed by atoms with Gasteiger partial charge < -0.3 is 10.6 Å². The molecule has 124 valence electrons. The summed E-state index contributed by atoms with van der Waals surface area (Å²) in [5, 5.41) is 5.54. The standard InChI is InChI=1S/C19H26N2O2/c1-14-10-15(2)12-17(11-14)19(23)21-13-18(22)20-9-8-16-6-4-3-5-7-16/h6,10-12H,3-5,7-9,13H2,1-2H3,(H,20,22)(H,21,23). The van der Waals surface area contributed by atoms with Crippen LogP contribution in [0.15, 0.2) is 29.8 Å². The van der Waals surface area contributed by atoms with Crippen molar-refractivity contribution in [2.24, 2.45) is 0 Å². The van der Waals surface area contributed by atoms with Gasteiger partial charge in [-0.15, -0.1) is 0 Å². The maximum atomic E-state index is 12.1. The second kappa shape index (κ2) is 8.51. The van der Waals surface area contributed by atoms with E-state index in [0.717, 1.165) is 30.4 Å². The fourth-order valence-electron chi connectivity index (χ4n) is 2.93. The lowest BCUT2D eigenvalue weighted by Crippen LogP contribution is -2.37. The van der Waals surface area contributed by atoms with E-state index in [1.807, 2.05) is 32.0 Å². The lowest BCUT2D eigenvalue weighted by molar-refractivity contribution is -0.120. The molecule has 0 aromatic heterocycles. The Labute approximate surface area is 138 Å². The van der Waals surface area contributed by atoms with E-state index >= 15 is 0 Å². The van der Waals surface area contributed by atoms with E-state index in [1.54, 1.807) is 0 Å². The van der Waals surface area contributed by atoms with Crippen LogP contribution in [0, 0.1) is 13.8 Å². The Kier molecular flexibility index (Phi) is 6.39. The van der Waals surface area contributed by atoms with Gasteiger partial charge in [-0.25, -0.2) is 0 Å². The molecule has 4 heteroatoms. The predicted octanol–water partition coefficient (Wildman–Crippen LogP) is 3.04. The van der Waals surface area contributed by atoms with Crippen molar-refractivity contribution in [1.29, 1.82) is 0 Å². The van der Waals surface area contributed by atoms with Crippen LogP contribution in [-0.4, -0.2) is 24.9 Å². The van der Waals surface area contributed by atoms with Crippen molar-refractivity contribution in [3.05, 3.63) is 46.5 Å². The van der Waals surface area contributed by atoms with Gasteiger partial charge in [0.2, 0.25) is 5.91 Å². The van der Waals surface area contributed by atoms with Crippen LogP contribution < -0.4 is 10.6 Å². The average Bonchev–Trinajstić information content (AvgIpc) is 2.52. The molecule has 2 N–H and O–H groups in total. The third kappa shape index (κ3) is 5.89. The highest BCUT2D eigenvalue weighted by Crippen LogP contribution is 2.19. The van der Waals surface area contributed by atoms with E-state index < -0.39 is 0 Å². The first kappa shape index (κ1) is 17.3. The van der Waals surface area contributed by atoms with Crippen molar-refractivity contribution in [3.63, 3.8) is 0 Å². The van der Waals surface area contributed by atoms with Gasteiger partial charge in [0.15, 0.2) is 0 Å². The highest BCUT2D eigenvalue weighted by molar-refractivity contribution is 5.96. The van der Waals surface area contributed by atoms with Gasteiger partial charge in [0, 0.05) is 12.1 Å². The zero-order chi connectivity index (χ0) is 16.7. The van der Waals surface area contributed by atoms with E-state index in [2.05, 4.69) is 16.7 Å². The van der Waals surface area contributed by atoms with Gasteiger partial charge in [0.1, 0.15) is 0 Å². The predicted molar refractivity (Wildman–Crippen MR) is 92.4 cm³/mol. The monoisotopic (exact) mass is 314 g/mol. The van der Waals surface area contributed by atoms with Crippen molar-refractivity contribution in [2.45, 2.75) is 46.0 Å². The third-order valence-corrected chi connectivity index (χ3v) is 4.05. The summed E-state index contributed by atoms with van der Waals surface area (Å²) in [5.41, 5.74) is 4.12. The Morgan fingerprint density at radius 2 is 1.78 bits per heavy atom. The molecule has 0 unspecified atom stereocenters. The second-order valence-electron chi connectivity index (χ2n) is 6.27. The Morgan fingerprint density at radius 1 is 1.04 bits per heavy atom. The van der Waals surface area contributed by atoms with Gasteiger partial charge in [-0.2, -0.15) is 0 Å². The molecule has 1 aromatic rings. The second-order valence-corrected chi connectivity index (χ2v) is 6.27. The molecule has 0 aliphatic heterocycles. The molecule has 0 bridgehead atoms. The van der Waals surface area contributed by atoms with Crippen LogP contribution in [0.3, 0.4) is 0 Å². The van der Waals surface area contributed by atoms with Crippen molar-refractivity contribution >= 4 is 11.8 Å². The lowest BCUT2D eigenvalue weighted by atomic mass is 9.97.